The van der Waals surface area contributed by atoms with E-state index in [-0.39, 0.29) is 11.8 Å². The van der Waals surface area contributed by atoms with Gasteiger partial charge in [-0.15, -0.1) is 0 Å². The fourth-order valence-corrected chi connectivity index (χ4v) is 4.38. The normalized spacial score (nSPS) is 17.2. The summed E-state index contributed by atoms with van der Waals surface area (Å²) in [6.07, 6.45) is 2.76. The first kappa shape index (κ1) is 21.7. The van der Waals surface area contributed by atoms with Gasteiger partial charge in [-0.05, 0) is 42.5 Å². The van der Waals surface area contributed by atoms with Crippen LogP contribution in [0.5, 0.6) is 5.88 Å². The van der Waals surface area contributed by atoms with E-state index in [1.807, 2.05) is 24.3 Å². The number of fused-ring (bicyclic) bond motifs is 3. The van der Waals surface area contributed by atoms with Gasteiger partial charge in [-0.2, -0.15) is 4.98 Å². The Hall–Kier alpha value is -3.16. The molecule has 2 aliphatic rings. The molecule has 2 aliphatic heterocycles. The average molecular weight is 448 g/mol. The van der Waals surface area contributed by atoms with Gasteiger partial charge in [0.2, 0.25) is 5.88 Å². The predicted molar refractivity (Wildman–Crippen MR) is 127 cm³/mol. The molecule has 1 saturated heterocycles. The first-order chi connectivity index (χ1) is 16.3. The molecular formula is C26H29N3O4. The van der Waals surface area contributed by atoms with E-state index in [1.54, 1.807) is 4.57 Å². The second-order valence-electron chi connectivity index (χ2n) is 8.43. The maximum absolute atomic E-state index is 12.6. The fourth-order valence-electron chi connectivity index (χ4n) is 4.38. The van der Waals surface area contributed by atoms with Gasteiger partial charge in [-0.3, -0.25) is 4.57 Å². The van der Waals surface area contributed by atoms with Gasteiger partial charge in [0.1, 0.15) is 12.7 Å². The Balaban J connectivity index is 1.25. The Bertz CT molecular complexity index is 1140. The van der Waals surface area contributed by atoms with Crippen LogP contribution in [-0.2, 0) is 28.9 Å². The summed E-state index contributed by atoms with van der Waals surface area (Å²) in [5.41, 5.74) is 5.41. The maximum atomic E-state index is 12.6. The highest BCUT2D eigenvalue weighted by Gasteiger charge is 2.21. The summed E-state index contributed by atoms with van der Waals surface area (Å²) in [5, 5.41) is 3.46. The van der Waals surface area contributed by atoms with E-state index in [0.717, 1.165) is 42.8 Å². The number of hydrogen-bond donors (Lipinski definition) is 1. The number of aryl methyl sites for hydroxylation is 2. The van der Waals surface area contributed by atoms with Gasteiger partial charge in [-0.25, -0.2) is 4.79 Å². The fraction of sp³-hybridized carbons (Fsp3) is 0.385. The molecule has 0 bridgehead atoms. The van der Waals surface area contributed by atoms with Gasteiger partial charge in [0.05, 0.1) is 25.5 Å². The lowest BCUT2D eigenvalue weighted by atomic mass is 9.94. The Morgan fingerprint density at radius 3 is 2.88 bits per heavy atom. The minimum Gasteiger partial charge on any atom is -0.475 e. The van der Waals surface area contributed by atoms with Crippen molar-refractivity contribution in [2.45, 2.75) is 31.9 Å². The number of rotatable bonds is 8. The summed E-state index contributed by atoms with van der Waals surface area (Å²) < 4.78 is 18.5. The largest absolute Gasteiger partial charge is 0.475 e. The van der Waals surface area contributed by atoms with Crippen LogP contribution < -0.4 is 15.7 Å². The number of hydrogen-bond acceptors (Lipinski definition) is 6. The summed E-state index contributed by atoms with van der Waals surface area (Å²) in [6.45, 7) is 3.55. The van der Waals surface area contributed by atoms with Gasteiger partial charge in [0.25, 0.3) is 0 Å². The highest BCUT2D eigenvalue weighted by molar-refractivity contribution is 5.67. The smallest absolute Gasteiger partial charge is 0.351 e. The van der Waals surface area contributed by atoms with Gasteiger partial charge in [0.15, 0.2) is 0 Å². The molecule has 7 nitrogen and oxygen atoms in total. The first-order valence-electron chi connectivity index (χ1n) is 11.6. The van der Waals surface area contributed by atoms with E-state index >= 15 is 0 Å². The van der Waals surface area contributed by atoms with Gasteiger partial charge in [-0.1, -0.05) is 36.4 Å². The minimum atomic E-state index is -0.273. The molecule has 1 N–H and O–H groups in total. The Morgan fingerprint density at radius 2 is 2.03 bits per heavy atom. The zero-order valence-electron chi connectivity index (χ0n) is 18.7. The average Bonchev–Trinajstić information content (AvgIpc) is 2.86. The molecule has 3 heterocycles. The van der Waals surface area contributed by atoms with Crippen LogP contribution >= 0.6 is 0 Å². The number of para-hydroxylation sites is 1. The summed E-state index contributed by atoms with van der Waals surface area (Å²) in [7, 11) is 0. The third-order valence-corrected chi connectivity index (χ3v) is 6.09. The molecule has 1 fully saturated rings. The molecule has 7 heteroatoms. The second kappa shape index (κ2) is 10.2. The van der Waals surface area contributed by atoms with Crippen molar-refractivity contribution in [3.63, 3.8) is 0 Å². The number of nitrogens with one attached hydrogen (secondary N) is 1. The monoisotopic (exact) mass is 447 g/mol. The standard InChI is InChI=1S/C26H29N3O4/c30-26-28-25(33-18-22-17-31-13-14-32-22)16-24-23-9-8-19(15-20(23)10-12-29(24)26)5-4-11-27-21-6-2-1-3-7-21/h1-3,6-9,15-16,22,27H,4-5,10-14,17-18H2/t22-/m1/s1. The van der Waals surface area contributed by atoms with E-state index in [4.69, 9.17) is 14.2 Å². The summed E-state index contributed by atoms with van der Waals surface area (Å²) >= 11 is 0. The van der Waals surface area contributed by atoms with Gasteiger partial charge < -0.3 is 19.5 Å². The van der Waals surface area contributed by atoms with Crippen LogP contribution in [0.4, 0.5) is 5.69 Å². The van der Waals surface area contributed by atoms with E-state index in [0.29, 0.717) is 38.9 Å². The van der Waals surface area contributed by atoms with E-state index < -0.39 is 0 Å². The third-order valence-electron chi connectivity index (χ3n) is 6.09. The summed E-state index contributed by atoms with van der Waals surface area (Å²) in [4.78, 5) is 16.7. The quantitative estimate of drug-likeness (QED) is 0.534. The minimum absolute atomic E-state index is 0.134. The highest BCUT2D eigenvalue weighted by Crippen LogP contribution is 2.30. The second-order valence-corrected chi connectivity index (χ2v) is 8.43. The van der Waals surface area contributed by atoms with Crippen LogP contribution in [0.15, 0.2) is 59.4 Å². The summed E-state index contributed by atoms with van der Waals surface area (Å²) in [5.74, 6) is 0.337. The topological polar surface area (TPSA) is 74.6 Å². The van der Waals surface area contributed by atoms with Crippen LogP contribution in [0.3, 0.4) is 0 Å². The van der Waals surface area contributed by atoms with E-state index in [9.17, 15) is 4.79 Å². The lowest BCUT2D eigenvalue weighted by Crippen LogP contribution is -2.34. The maximum Gasteiger partial charge on any atom is 0.351 e. The van der Waals surface area contributed by atoms with Crippen LogP contribution in [0.2, 0.25) is 0 Å². The lowest BCUT2D eigenvalue weighted by Gasteiger charge is -2.24. The zero-order valence-corrected chi connectivity index (χ0v) is 18.7. The highest BCUT2D eigenvalue weighted by atomic mass is 16.6. The molecule has 0 amide bonds. The van der Waals surface area contributed by atoms with Crippen molar-refractivity contribution in [1.82, 2.24) is 9.55 Å². The molecule has 2 aromatic carbocycles. The first-order valence-corrected chi connectivity index (χ1v) is 11.6. The van der Waals surface area contributed by atoms with Crippen molar-refractivity contribution in [2.24, 2.45) is 0 Å². The molecule has 0 aliphatic carbocycles. The van der Waals surface area contributed by atoms with E-state index in [1.165, 1.54) is 11.1 Å². The molecule has 0 radical (unpaired) electrons. The SMILES string of the molecule is O=c1nc(OC[C@H]2COCCO2)cc2n1CCc1cc(CCCNc3ccccc3)ccc1-2. The molecule has 0 unspecified atom stereocenters. The van der Waals surface area contributed by atoms with E-state index in [2.05, 4.69) is 40.6 Å². The van der Waals surface area contributed by atoms with Gasteiger partial charge >= 0.3 is 5.69 Å². The molecule has 1 atom stereocenters. The van der Waals surface area contributed by atoms with Crippen LogP contribution in [0.25, 0.3) is 11.3 Å². The Morgan fingerprint density at radius 1 is 1.12 bits per heavy atom. The third kappa shape index (κ3) is 5.26. The molecule has 5 rings (SSSR count). The molecule has 33 heavy (non-hydrogen) atoms. The molecule has 172 valence electrons. The van der Waals surface area contributed by atoms with Crippen molar-refractivity contribution >= 4 is 5.69 Å². The zero-order chi connectivity index (χ0) is 22.5. The summed E-state index contributed by atoms with van der Waals surface area (Å²) in [6, 6.07) is 18.7. The van der Waals surface area contributed by atoms with Crippen molar-refractivity contribution < 1.29 is 14.2 Å². The van der Waals surface area contributed by atoms with Crippen molar-refractivity contribution in [2.75, 3.05) is 38.3 Å². The number of ether oxygens (including phenoxy) is 3. The number of aromatic nitrogens is 2. The van der Waals surface area contributed by atoms with Crippen LogP contribution in [-0.4, -0.2) is 48.6 Å². The van der Waals surface area contributed by atoms with Crippen LogP contribution in [0, 0.1) is 0 Å². The number of benzene rings is 2. The molecule has 0 saturated carbocycles. The van der Waals surface area contributed by atoms with Crippen LogP contribution in [0.1, 0.15) is 17.5 Å². The molecule has 1 aromatic heterocycles. The number of anilines is 1. The Kier molecular flexibility index (Phi) is 6.69. The lowest BCUT2D eigenvalue weighted by molar-refractivity contribution is -0.102. The molecule has 0 spiro atoms. The van der Waals surface area contributed by atoms with Crippen molar-refractivity contribution in [3.05, 3.63) is 76.2 Å². The van der Waals surface area contributed by atoms with Crippen molar-refractivity contribution in [3.8, 4) is 17.1 Å². The predicted octanol–water partition coefficient (Wildman–Crippen LogP) is 3.31. The van der Waals surface area contributed by atoms with Crippen molar-refractivity contribution in [1.29, 1.82) is 0 Å². The van der Waals surface area contributed by atoms with Gasteiger partial charge in [0, 0.05) is 30.4 Å². The Labute approximate surface area is 193 Å². The number of nitrogens with zero attached hydrogens (tertiary/aromatic N) is 2. The molecule has 3 aromatic rings. The molecular weight excluding hydrogens is 418 g/mol.